The SMILES string of the molecule is CC(C)(C)c1cnc(-c2cnc(C(C)(C)C)s2)[nH]1. The molecule has 0 bridgehead atoms. The van der Waals surface area contributed by atoms with E-state index in [0.29, 0.717) is 0 Å². The van der Waals surface area contributed by atoms with Crippen LogP contribution in [-0.2, 0) is 10.8 Å². The molecule has 0 unspecified atom stereocenters. The average molecular weight is 263 g/mol. The summed E-state index contributed by atoms with van der Waals surface area (Å²) in [6, 6.07) is 0. The molecule has 4 heteroatoms. The van der Waals surface area contributed by atoms with Crippen molar-refractivity contribution in [2.24, 2.45) is 0 Å². The van der Waals surface area contributed by atoms with E-state index < -0.39 is 0 Å². The third kappa shape index (κ3) is 2.64. The fourth-order valence-electron chi connectivity index (χ4n) is 1.56. The van der Waals surface area contributed by atoms with Crippen LogP contribution < -0.4 is 0 Å². The summed E-state index contributed by atoms with van der Waals surface area (Å²) >= 11 is 1.71. The molecule has 2 aromatic heterocycles. The molecule has 2 aromatic rings. The molecule has 2 heterocycles. The van der Waals surface area contributed by atoms with E-state index in [9.17, 15) is 0 Å². The Morgan fingerprint density at radius 2 is 1.61 bits per heavy atom. The normalized spacial score (nSPS) is 13.0. The molecule has 0 atom stereocenters. The highest BCUT2D eigenvalue weighted by atomic mass is 32.1. The van der Waals surface area contributed by atoms with E-state index in [4.69, 9.17) is 0 Å². The molecule has 2 rings (SSSR count). The molecule has 0 amide bonds. The van der Waals surface area contributed by atoms with Crippen molar-refractivity contribution >= 4 is 11.3 Å². The predicted octanol–water partition coefficient (Wildman–Crippen LogP) is 4.13. The zero-order valence-electron chi connectivity index (χ0n) is 12.0. The first-order valence-corrected chi connectivity index (χ1v) is 7.02. The van der Waals surface area contributed by atoms with Gasteiger partial charge < -0.3 is 4.98 Å². The Balaban J connectivity index is 2.33. The van der Waals surface area contributed by atoms with E-state index in [-0.39, 0.29) is 10.8 Å². The minimum Gasteiger partial charge on any atom is -0.341 e. The second-order valence-electron chi connectivity index (χ2n) is 6.68. The van der Waals surface area contributed by atoms with Crippen molar-refractivity contribution in [3.8, 4) is 10.7 Å². The van der Waals surface area contributed by atoms with Gasteiger partial charge in [-0.15, -0.1) is 11.3 Å². The van der Waals surface area contributed by atoms with E-state index in [1.165, 1.54) is 0 Å². The van der Waals surface area contributed by atoms with E-state index in [0.717, 1.165) is 21.4 Å². The largest absolute Gasteiger partial charge is 0.341 e. The number of aromatic amines is 1. The Bertz CT molecular complexity index is 488. The summed E-state index contributed by atoms with van der Waals surface area (Å²) in [5, 5.41) is 1.14. The minimum absolute atomic E-state index is 0.0996. The van der Waals surface area contributed by atoms with Gasteiger partial charge in [0, 0.05) is 28.9 Å². The first kappa shape index (κ1) is 13.3. The monoisotopic (exact) mass is 263 g/mol. The number of nitrogens with one attached hydrogen (secondary N) is 1. The van der Waals surface area contributed by atoms with Crippen LogP contribution in [0.1, 0.15) is 52.2 Å². The molecule has 3 nitrogen and oxygen atoms in total. The lowest BCUT2D eigenvalue weighted by atomic mass is 9.93. The van der Waals surface area contributed by atoms with Crippen LogP contribution in [0.2, 0.25) is 0 Å². The number of aromatic nitrogens is 3. The quantitative estimate of drug-likeness (QED) is 0.840. The lowest BCUT2D eigenvalue weighted by Crippen LogP contribution is -2.11. The van der Waals surface area contributed by atoms with Crippen LogP contribution in [0.3, 0.4) is 0 Å². The van der Waals surface area contributed by atoms with Gasteiger partial charge in [-0.3, -0.25) is 0 Å². The van der Waals surface area contributed by atoms with Gasteiger partial charge >= 0.3 is 0 Å². The van der Waals surface area contributed by atoms with Gasteiger partial charge in [-0.1, -0.05) is 41.5 Å². The molecule has 98 valence electrons. The molecule has 0 spiro atoms. The molecule has 0 aromatic carbocycles. The van der Waals surface area contributed by atoms with Gasteiger partial charge in [0.05, 0.1) is 9.88 Å². The van der Waals surface area contributed by atoms with Crippen LogP contribution in [0, 0.1) is 0 Å². The molecule has 0 aliphatic heterocycles. The molecular formula is C14H21N3S. The van der Waals surface area contributed by atoms with Gasteiger partial charge in [-0.25, -0.2) is 9.97 Å². The molecular weight excluding hydrogens is 242 g/mol. The maximum atomic E-state index is 4.49. The summed E-state index contributed by atoms with van der Waals surface area (Å²) in [7, 11) is 0. The van der Waals surface area contributed by atoms with Gasteiger partial charge in [-0.05, 0) is 0 Å². The van der Waals surface area contributed by atoms with Crippen molar-refractivity contribution in [2.75, 3.05) is 0 Å². The number of hydrogen-bond acceptors (Lipinski definition) is 3. The van der Waals surface area contributed by atoms with Crippen molar-refractivity contribution in [3.05, 3.63) is 23.1 Å². The summed E-state index contributed by atoms with van der Waals surface area (Å²) in [6.07, 6.45) is 3.84. The van der Waals surface area contributed by atoms with E-state index in [1.807, 2.05) is 12.4 Å². The second-order valence-corrected chi connectivity index (χ2v) is 7.71. The molecule has 0 saturated carbocycles. The van der Waals surface area contributed by atoms with Crippen molar-refractivity contribution in [3.63, 3.8) is 0 Å². The predicted molar refractivity (Wildman–Crippen MR) is 77.1 cm³/mol. The van der Waals surface area contributed by atoms with Crippen molar-refractivity contribution in [1.82, 2.24) is 15.0 Å². The van der Waals surface area contributed by atoms with Crippen molar-refractivity contribution in [2.45, 2.75) is 52.4 Å². The highest BCUT2D eigenvalue weighted by Crippen LogP contribution is 2.32. The maximum absolute atomic E-state index is 4.49. The fourth-order valence-corrected chi connectivity index (χ4v) is 2.48. The number of imidazole rings is 1. The van der Waals surface area contributed by atoms with Crippen LogP contribution in [0.25, 0.3) is 10.7 Å². The molecule has 1 N–H and O–H groups in total. The van der Waals surface area contributed by atoms with Crippen LogP contribution in [0.4, 0.5) is 0 Å². The Morgan fingerprint density at radius 3 is 2.06 bits per heavy atom. The van der Waals surface area contributed by atoms with Crippen LogP contribution in [0.15, 0.2) is 12.4 Å². The lowest BCUT2D eigenvalue weighted by Gasteiger charge is -2.15. The van der Waals surface area contributed by atoms with E-state index >= 15 is 0 Å². The summed E-state index contributed by atoms with van der Waals surface area (Å²) < 4.78 is 0. The Hall–Kier alpha value is -1.16. The lowest BCUT2D eigenvalue weighted by molar-refractivity contribution is 0.573. The molecule has 18 heavy (non-hydrogen) atoms. The molecule has 0 saturated heterocycles. The summed E-state index contributed by atoms with van der Waals surface area (Å²) in [5.41, 5.74) is 1.36. The smallest absolute Gasteiger partial charge is 0.149 e. The van der Waals surface area contributed by atoms with E-state index in [1.54, 1.807) is 11.3 Å². The maximum Gasteiger partial charge on any atom is 0.149 e. The topological polar surface area (TPSA) is 41.6 Å². The number of hydrogen-bond donors (Lipinski definition) is 1. The van der Waals surface area contributed by atoms with Crippen LogP contribution in [-0.4, -0.2) is 15.0 Å². The Kier molecular flexibility index (Phi) is 3.09. The van der Waals surface area contributed by atoms with Gasteiger partial charge in [0.15, 0.2) is 0 Å². The standard InChI is InChI=1S/C14H21N3S/c1-13(2,3)10-8-15-11(17-10)9-7-16-12(18-9)14(4,5)6/h7-8H,1-6H3,(H,15,17). The van der Waals surface area contributed by atoms with Crippen molar-refractivity contribution < 1.29 is 0 Å². The van der Waals surface area contributed by atoms with Crippen LogP contribution in [0.5, 0.6) is 0 Å². The van der Waals surface area contributed by atoms with Crippen molar-refractivity contribution in [1.29, 1.82) is 0 Å². The average Bonchev–Trinajstić information content (AvgIpc) is 2.84. The van der Waals surface area contributed by atoms with Gasteiger partial charge in [0.1, 0.15) is 5.82 Å². The summed E-state index contributed by atoms with van der Waals surface area (Å²) in [4.78, 5) is 13.5. The van der Waals surface area contributed by atoms with Crippen LogP contribution >= 0.6 is 11.3 Å². The number of rotatable bonds is 1. The third-order valence-corrected chi connectivity index (χ3v) is 4.19. The highest BCUT2D eigenvalue weighted by molar-refractivity contribution is 7.15. The molecule has 0 fully saturated rings. The zero-order valence-corrected chi connectivity index (χ0v) is 12.8. The van der Waals surface area contributed by atoms with E-state index in [2.05, 4.69) is 56.5 Å². The van der Waals surface area contributed by atoms with Gasteiger partial charge in [0.25, 0.3) is 0 Å². The van der Waals surface area contributed by atoms with Gasteiger partial charge in [-0.2, -0.15) is 0 Å². The fraction of sp³-hybridized carbons (Fsp3) is 0.571. The first-order valence-electron chi connectivity index (χ1n) is 6.20. The Morgan fingerprint density at radius 1 is 0.944 bits per heavy atom. The molecule has 0 aliphatic carbocycles. The second kappa shape index (κ2) is 4.19. The summed E-state index contributed by atoms with van der Waals surface area (Å²) in [5.74, 6) is 0.924. The number of nitrogens with zero attached hydrogens (tertiary/aromatic N) is 2. The zero-order chi connectivity index (χ0) is 13.6. The number of H-pyrrole nitrogens is 1. The Labute approximate surface area is 113 Å². The molecule has 0 radical (unpaired) electrons. The molecule has 0 aliphatic rings. The van der Waals surface area contributed by atoms with Gasteiger partial charge in [0.2, 0.25) is 0 Å². The number of thiazole rings is 1. The minimum atomic E-state index is 0.0996. The third-order valence-electron chi connectivity index (χ3n) is 2.76. The first-order chi connectivity index (χ1) is 8.18. The highest BCUT2D eigenvalue weighted by Gasteiger charge is 2.21. The summed E-state index contributed by atoms with van der Waals surface area (Å²) in [6.45, 7) is 13.1.